The van der Waals surface area contributed by atoms with Crippen LogP contribution in [0.1, 0.15) is 5.56 Å². The number of carboxylic acid groups (broad SMARTS) is 1. The van der Waals surface area contributed by atoms with E-state index < -0.39 is 5.97 Å². The van der Waals surface area contributed by atoms with Crippen LogP contribution in [0.15, 0.2) is 29.1 Å². The van der Waals surface area contributed by atoms with Crippen LogP contribution in [0.2, 0.25) is 0 Å². The summed E-state index contributed by atoms with van der Waals surface area (Å²) in [6, 6.07) is 1.68. The van der Waals surface area contributed by atoms with E-state index in [1.165, 1.54) is 18.6 Å². The van der Waals surface area contributed by atoms with Crippen molar-refractivity contribution in [1.82, 2.24) is 0 Å². The monoisotopic (exact) mass is 174 g/mol. The lowest BCUT2D eigenvalue weighted by Crippen LogP contribution is -1.84. The lowest BCUT2D eigenvalue weighted by Gasteiger charge is -1.77. The zero-order chi connectivity index (χ0) is 7.40. The van der Waals surface area contributed by atoms with E-state index in [9.17, 15) is 4.79 Å². The molecule has 0 radical (unpaired) electrons. The van der Waals surface area contributed by atoms with E-state index in [1.54, 1.807) is 6.07 Å². The van der Waals surface area contributed by atoms with E-state index in [4.69, 9.17) is 9.52 Å². The first-order chi connectivity index (χ1) is 4.79. The second-order valence-electron chi connectivity index (χ2n) is 1.73. The summed E-state index contributed by atoms with van der Waals surface area (Å²) < 4.78 is 4.70. The summed E-state index contributed by atoms with van der Waals surface area (Å²) in [6.45, 7) is 0. The normalized spacial score (nSPS) is 9.45. The fourth-order valence-corrected chi connectivity index (χ4v) is 0.537. The summed E-state index contributed by atoms with van der Waals surface area (Å²) in [4.78, 5) is 9.98. The van der Waals surface area contributed by atoms with Crippen molar-refractivity contribution >= 4 is 24.5 Å². The maximum atomic E-state index is 9.98. The Bertz CT molecular complexity index is 238. The first kappa shape index (κ1) is 9.78. The van der Waals surface area contributed by atoms with Gasteiger partial charge in [0.15, 0.2) is 0 Å². The molecule has 0 aliphatic carbocycles. The minimum absolute atomic E-state index is 0. The molecule has 0 saturated carbocycles. The number of halogens is 1. The van der Waals surface area contributed by atoms with Crippen LogP contribution in [-0.2, 0) is 4.79 Å². The fraction of sp³-hybridized carbons (Fsp3) is 0. The van der Waals surface area contributed by atoms with Gasteiger partial charge in [0.05, 0.1) is 12.5 Å². The number of furan rings is 1. The van der Waals surface area contributed by atoms with E-state index in [1.807, 2.05) is 0 Å². The highest BCUT2D eigenvalue weighted by atomic mass is 35.5. The molecule has 0 saturated heterocycles. The van der Waals surface area contributed by atoms with Gasteiger partial charge in [0.2, 0.25) is 0 Å². The van der Waals surface area contributed by atoms with Crippen LogP contribution >= 0.6 is 12.4 Å². The Balaban J connectivity index is 0.000001000. The largest absolute Gasteiger partial charge is 0.478 e. The molecule has 0 bridgehead atoms. The Morgan fingerprint density at radius 3 is 2.82 bits per heavy atom. The highest BCUT2D eigenvalue weighted by molar-refractivity contribution is 5.85. The van der Waals surface area contributed by atoms with Gasteiger partial charge in [0.1, 0.15) is 0 Å². The Kier molecular flexibility index (Phi) is 4.07. The van der Waals surface area contributed by atoms with E-state index in [0.717, 1.165) is 11.6 Å². The smallest absolute Gasteiger partial charge is 0.328 e. The van der Waals surface area contributed by atoms with Crippen LogP contribution in [0.5, 0.6) is 0 Å². The van der Waals surface area contributed by atoms with E-state index in [0.29, 0.717) is 0 Å². The zero-order valence-electron chi connectivity index (χ0n) is 5.56. The number of aliphatic carboxylic acids is 1. The third-order valence-corrected chi connectivity index (χ3v) is 0.962. The van der Waals surface area contributed by atoms with Crippen molar-refractivity contribution in [3.63, 3.8) is 0 Å². The lowest BCUT2D eigenvalue weighted by atomic mass is 10.3. The summed E-state index contributed by atoms with van der Waals surface area (Å²) in [5.41, 5.74) is 0.752. The second kappa shape index (κ2) is 4.57. The molecule has 0 atom stereocenters. The maximum absolute atomic E-state index is 9.98. The van der Waals surface area contributed by atoms with Gasteiger partial charge >= 0.3 is 5.97 Å². The molecule has 60 valence electrons. The van der Waals surface area contributed by atoms with Crippen LogP contribution in [0.3, 0.4) is 0 Å². The highest BCUT2D eigenvalue weighted by Gasteiger charge is 1.88. The Hall–Kier alpha value is -1.22. The number of hydrogen-bond donors (Lipinski definition) is 1. The molecule has 1 N–H and O–H groups in total. The first-order valence-corrected chi connectivity index (χ1v) is 2.72. The molecule has 1 heterocycles. The molecule has 0 aliphatic heterocycles. The van der Waals surface area contributed by atoms with Crippen LogP contribution < -0.4 is 0 Å². The van der Waals surface area contributed by atoms with Crippen molar-refractivity contribution in [2.45, 2.75) is 0 Å². The van der Waals surface area contributed by atoms with Crippen molar-refractivity contribution in [3.05, 3.63) is 30.2 Å². The fourth-order valence-electron chi connectivity index (χ4n) is 0.537. The third kappa shape index (κ3) is 3.47. The summed E-state index contributed by atoms with van der Waals surface area (Å²) in [5.74, 6) is -0.957. The molecule has 0 fully saturated rings. The Morgan fingerprint density at radius 1 is 1.64 bits per heavy atom. The van der Waals surface area contributed by atoms with Crippen molar-refractivity contribution in [1.29, 1.82) is 0 Å². The van der Waals surface area contributed by atoms with Gasteiger partial charge in [0.25, 0.3) is 0 Å². The van der Waals surface area contributed by atoms with E-state index in [2.05, 4.69) is 0 Å². The summed E-state index contributed by atoms with van der Waals surface area (Å²) >= 11 is 0. The van der Waals surface area contributed by atoms with E-state index in [-0.39, 0.29) is 12.4 Å². The van der Waals surface area contributed by atoms with Gasteiger partial charge < -0.3 is 9.52 Å². The lowest BCUT2D eigenvalue weighted by molar-refractivity contribution is -0.131. The van der Waals surface area contributed by atoms with Gasteiger partial charge in [0, 0.05) is 11.6 Å². The molecule has 0 aliphatic rings. The third-order valence-electron chi connectivity index (χ3n) is 0.962. The van der Waals surface area contributed by atoms with Gasteiger partial charge in [-0.1, -0.05) is 0 Å². The van der Waals surface area contributed by atoms with Gasteiger partial charge in [-0.15, -0.1) is 12.4 Å². The quantitative estimate of drug-likeness (QED) is 0.696. The number of carbonyl (C=O) groups is 1. The predicted octanol–water partition coefficient (Wildman–Crippen LogP) is 1.80. The number of hydrogen-bond acceptors (Lipinski definition) is 2. The first-order valence-electron chi connectivity index (χ1n) is 2.72. The van der Waals surface area contributed by atoms with Crippen molar-refractivity contribution < 1.29 is 14.3 Å². The molecule has 3 nitrogen and oxygen atoms in total. The van der Waals surface area contributed by atoms with Crippen molar-refractivity contribution in [2.75, 3.05) is 0 Å². The average molecular weight is 175 g/mol. The van der Waals surface area contributed by atoms with Gasteiger partial charge in [-0.2, -0.15) is 0 Å². The van der Waals surface area contributed by atoms with E-state index >= 15 is 0 Å². The topological polar surface area (TPSA) is 50.4 Å². The molecule has 11 heavy (non-hydrogen) atoms. The summed E-state index contributed by atoms with van der Waals surface area (Å²) in [6.07, 6.45) is 5.48. The molecule has 0 aromatic carbocycles. The second-order valence-corrected chi connectivity index (χ2v) is 1.73. The van der Waals surface area contributed by atoms with Gasteiger partial charge in [-0.05, 0) is 12.1 Å². The molecule has 1 aromatic heterocycles. The molecule has 0 unspecified atom stereocenters. The average Bonchev–Trinajstić information content (AvgIpc) is 2.34. The van der Waals surface area contributed by atoms with Gasteiger partial charge in [-0.25, -0.2) is 4.79 Å². The summed E-state index contributed by atoms with van der Waals surface area (Å²) in [5, 5.41) is 8.19. The molecular weight excluding hydrogens is 168 g/mol. The minimum atomic E-state index is -0.957. The Labute approximate surface area is 69.7 Å². The van der Waals surface area contributed by atoms with Crippen LogP contribution in [-0.4, -0.2) is 11.1 Å². The Morgan fingerprint density at radius 2 is 2.36 bits per heavy atom. The van der Waals surface area contributed by atoms with Crippen LogP contribution in [0.4, 0.5) is 0 Å². The predicted molar refractivity (Wildman–Crippen MR) is 42.6 cm³/mol. The maximum Gasteiger partial charge on any atom is 0.328 e. The van der Waals surface area contributed by atoms with Gasteiger partial charge in [-0.3, -0.25) is 0 Å². The molecule has 0 spiro atoms. The van der Waals surface area contributed by atoms with Crippen LogP contribution in [0, 0.1) is 0 Å². The standard InChI is InChI=1S/C7H6O3.ClH/c8-7(9)2-1-6-3-4-10-5-6;/h1-5H,(H,8,9);1H. The minimum Gasteiger partial charge on any atom is -0.478 e. The molecule has 1 aromatic rings. The summed E-state index contributed by atoms with van der Waals surface area (Å²) in [7, 11) is 0. The number of rotatable bonds is 2. The molecule has 4 heteroatoms. The number of carboxylic acids is 1. The highest BCUT2D eigenvalue weighted by Crippen LogP contribution is 2.01. The van der Waals surface area contributed by atoms with Crippen molar-refractivity contribution in [3.8, 4) is 0 Å². The SMILES string of the molecule is Cl.O=C(O)C=Cc1ccoc1. The zero-order valence-corrected chi connectivity index (χ0v) is 6.38. The molecular formula is C7H7ClO3. The van der Waals surface area contributed by atoms with Crippen molar-refractivity contribution in [2.24, 2.45) is 0 Å². The molecule has 1 rings (SSSR count). The molecule has 0 amide bonds. The van der Waals surface area contributed by atoms with Crippen LogP contribution in [0.25, 0.3) is 6.08 Å².